The number of anilines is 1. The maximum atomic E-state index is 12.8. The Bertz CT molecular complexity index is 510. The summed E-state index contributed by atoms with van der Waals surface area (Å²) < 4.78 is 12.8. The number of halogens is 1. The van der Waals surface area contributed by atoms with Crippen LogP contribution in [0.3, 0.4) is 0 Å². The second kappa shape index (κ2) is 2.71. The number of nitrogens with zero attached hydrogens (tertiary/aromatic N) is 1. The largest absolute Gasteiger partial charge is 0.396 e. The van der Waals surface area contributed by atoms with Crippen LogP contribution in [-0.4, -0.2) is 4.98 Å². The molecule has 64 valence electrons. The Morgan fingerprint density at radius 2 is 2.38 bits per heavy atom. The van der Waals surface area contributed by atoms with Crippen molar-refractivity contribution in [1.29, 1.82) is 0 Å². The Kier molecular flexibility index (Phi) is 1.67. The molecule has 13 heavy (non-hydrogen) atoms. The molecule has 0 fully saturated rings. The second-order valence-corrected chi connectivity index (χ2v) is 3.49. The van der Waals surface area contributed by atoms with E-state index in [4.69, 9.17) is 12.2 Å². The number of nitrogens with two attached hydrogens (primary N) is 1. The fourth-order valence-electron chi connectivity index (χ4n) is 1.08. The number of fused-ring (bicyclic) bond motifs is 1. The fraction of sp³-hybridized carbons (Fsp3) is 0. The van der Waals surface area contributed by atoms with E-state index in [9.17, 15) is 4.39 Å². The molecule has 0 amide bonds. The van der Waals surface area contributed by atoms with E-state index in [0.717, 1.165) is 6.20 Å². The van der Waals surface area contributed by atoms with Crippen molar-refractivity contribution >= 4 is 27.2 Å². The SMILES string of the molecule is C#Cc1sc2ncc(F)cc2c1N. The Labute approximate surface area is 78.2 Å². The van der Waals surface area contributed by atoms with Gasteiger partial charge in [0.25, 0.3) is 0 Å². The Morgan fingerprint density at radius 3 is 3.08 bits per heavy atom. The Morgan fingerprint density at radius 1 is 1.62 bits per heavy atom. The number of terminal acetylenes is 1. The molecule has 0 radical (unpaired) electrons. The van der Waals surface area contributed by atoms with E-state index in [1.165, 1.54) is 17.4 Å². The first kappa shape index (κ1) is 8.02. The Hall–Kier alpha value is -1.60. The molecule has 2 nitrogen and oxygen atoms in total. The molecule has 0 aliphatic carbocycles. The first-order valence-corrected chi connectivity index (χ1v) is 4.34. The van der Waals surface area contributed by atoms with Gasteiger partial charge in [0.15, 0.2) is 0 Å². The lowest BCUT2D eigenvalue weighted by atomic mass is 10.3. The molecule has 4 heteroatoms. The normalized spacial score (nSPS) is 10.2. The van der Waals surface area contributed by atoms with Gasteiger partial charge in [0.2, 0.25) is 0 Å². The summed E-state index contributed by atoms with van der Waals surface area (Å²) >= 11 is 1.29. The van der Waals surface area contributed by atoms with E-state index in [1.807, 2.05) is 0 Å². The minimum absolute atomic E-state index is 0.402. The smallest absolute Gasteiger partial charge is 0.142 e. The zero-order valence-electron chi connectivity index (χ0n) is 6.54. The standard InChI is InChI=1S/C9H5FN2S/c1-2-7-8(11)6-3-5(10)4-12-9(6)13-7/h1,3-4H,11H2. The molecule has 0 unspecified atom stereocenters. The zero-order chi connectivity index (χ0) is 9.42. The minimum Gasteiger partial charge on any atom is -0.396 e. The summed E-state index contributed by atoms with van der Waals surface area (Å²) in [6.45, 7) is 0. The quantitative estimate of drug-likeness (QED) is 0.648. The van der Waals surface area contributed by atoms with E-state index < -0.39 is 5.82 Å². The van der Waals surface area contributed by atoms with Crippen molar-refractivity contribution in [3.63, 3.8) is 0 Å². The summed E-state index contributed by atoms with van der Waals surface area (Å²) in [6, 6.07) is 1.34. The number of rotatable bonds is 0. The molecule has 0 bridgehead atoms. The summed E-state index contributed by atoms with van der Waals surface area (Å²) in [5.74, 6) is 2.03. The molecule has 0 saturated heterocycles. The number of hydrogen-bond acceptors (Lipinski definition) is 3. The van der Waals surface area contributed by atoms with E-state index in [-0.39, 0.29) is 0 Å². The lowest BCUT2D eigenvalue weighted by molar-refractivity contribution is 0.624. The zero-order valence-corrected chi connectivity index (χ0v) is 7.36. The van der Waals surface area contributed by atoms with Gasteiger partial charge in [0.05, 0.1) is 11.9 Å². The van der Waals surface area contributed by atoms with Gasteiger partial charge in [-0.3, -0.25) is 0 Å². The molecule has 2 aromatic heterocycles. The van der Waals surface area contributed by atoms with Gasteiger partial charge in [-0.15, -0.1) is 17.8 Å². The number of thiophene rings is 1. The fourth-order valence-corrected chi connectivity index (χ4v) is 1.94. The molecular weight excluding hydrogens is 187 g/mol. The molecule has 0 aromatic carbocycles. The average Bonchev–Trinajstić information content (AvgIpc) is 2.44. The molecule has 2 rings (SSSR count). The van der Waals surface area contributed by atoms with Crippen LogP contribution in [0.15, 0.2) is 12.3 Å². The molecule has 2 aromatic rings. The third-order valence-electron chi connectivity index (χ3n) is 1.68. The molecule has 0 aliphatic rings. The lowest BCUT2D eigenvalue weighted by Gasteiger charge is -1.90. The van der Waals surface area contributed by atoms with Crippen molar-refractivity contribution in [2.24, 2.45) is 0 Å². The van der Waals surface area contributed by atoms with Crippen LogP contribution in [0.4, 0.5) is 10.1 Å². The highest BCUT2D eigenvalue weighted by Crippen LogP contribution is 2.31. The molecule has 0 atom stereocenters. The van der Waals surface area contributed by atoms with E-state index >= 15 is 0 Å². The highest BCUT2D eigenvalue weighted by atomic mass is 32.1. The molecule has 2 heterocycles. The number of pyridine rings is 1. The van der Waals surface area contributed by atoms with Crippen molar-refractivity contribution in [2.45, 2.75) is 0 Å². The molecule has 0 aliphatic heterocycles. The van der Waals surface area contributed by atoms with Crippen LogP contribution >= 0.6 is 11.3 Å². The molecular formula is C9H5FN2S. The lowest BCUT2D eigenvalue weighted by Crippen LogP contribution is -1.85. The van der Waals surface area contributed by atoms with Crippen LogP contribution in [0.1, 0.15) is 4.88 Å². The molecule has 2 N–H and O–H groups in total. The predicted octanol–water partition coefficient (Wildman–Crippen LogP) is 2.00. The molecule has 0 spiro atoms. The highest BCUT2D eigenvalue weighted by molar-refractivity contribution is 7.19. The molecule has 0 saturated carbocycles. The van der Waals surface area contributed by atoms with Gasteiger partial charge in [0.1, 0.15) is 15.5 Å². The third kappa shape index (κ3) is 1.14. The predicted molar refractivity (Wildman–Crippen MR) is 51.9 cm³/mol. The third-order valence-corrected chi connectivity index (χ3v) is 2.74. The van der Waals surface area contributed by atoms with Crippen molar-refractivity contribution in [1.82, 2.24) is 4.98 Å². The second-order valence-electron chi connectivity index (χ2n) is 2.50. The first-order valence-electron chi connectivity index (χ1n) is 3.52. The highest BCUT2D eigenvalue weighted by Gasteiger charge is 2.08. The van der Waals surface area contributed by atoms with Crippen LogP contribution in [0.2, 0.25) is 0 Å². The van der Waals surface area contributed by atoms with Crippen molar-refractivity contribution in [3.05, 3.63) is 23.0 Å². The van der Waals surface area contributed by atoms with Crippen LogP contribution in [0, 0.1) is 18.2 Å². The summed E-state index contributed by atoms with van der Waals surface area (Å²) in [5, 5.41) is 0.595. The minimum atomic E-state index is -0.402. The van der Waals surface area contributed by atoms with E-state index in [1.54, 1.807) is 0 Å². The summed E-state index contributed by atoms with van der Waals surface area (Å²) in [4.78, 5) is 5.16. The van der Waals surface area contributed by atoms with Crippen LogP contribution in [0.25, 0.3) is 10.2 Å². The monoisotopic (exact) mass is 192 g/mol. The van der Waals surface area contributed by atoms with Gasteiger partial charge in [-0.25, -0.2) is 9.37 Å². The maximum Gasteiger partial charge on any atom is 0.142 e. The van der Waals surface area contributed by atoms with Gasteiger partial charge in [-0.05, 0) is 6.07 Å². The van der Waals surface area contributed by atoms with Gasteiger partial charge in [-0.1, -0.05) is 5.92 Å². The number of nitrogen functional groups attached to an aromatic ring is 1. The van der Waals surface area contributed by atoms with Gasteiger partial charge in [-0.2, -0.15) is 0 Å². The maximum absolute atomic E-state index is 12.8. The van der Waals surface area contributed by atoms with E-state index in [2.05, 4.69) is 10.9 Å². The van der Waals surface area contributed by atoms with Crippen LogP contribution in [-0.2, 0) is 0 Å². The summed E-state index contributed by atoms with van der Waals surface area (Å²) in [6.07, 6.45) is 6.36. The summed E-state index contributed by atoms with van der Waals surface area (Å²) in [7, 11) is 0. The van der Waals surface area contributed by atoms with Crippen molar-refractivity contribution in [2.75, 3.05) is 5.73 Å². The van der Waals surface area contributed by atoms with E-state index in [0.29, 0.717) is 20.8 Å². The number of hydrogen-bond donors (Lipinski definition) is 1. The van der Waals surface area contributed by atoms with Gasteiger partial charge < -0.3 is 5.73 Å². The number of aromatic nitrogens is 1. The Balaban J connectivity index is 2.87. The van der Waals surface area contributed by atoms with Gasteiger partial charge >= 0.3 is 0 Å². The van der Waals surface area contributed by atoms with Gasteiger partial charge in [0, 0.05) is 5.39 Å². The van der Waals surface area contributed by atoms with Crippen molar-refractivity contribution in [3.8, 4) is 12.3 Å². The van der Waals surface area contributed by atoms with Crippen LogP contribution < -0.4 is 5.73 Å². The van der Waals surface area contributed by atoms with Crippen LogP contribution in [0.5, 0.6) is 0 Å². The first-order chi connectivity index (χ1) is 6.22. The average molecular weight is 192 g/mol. The topological polar surface area (TPSA) is 38.9 Å². The summed E-state index contributed by atoms with van der Waals surface area (Å²) in [5.41, 5.74) is 6.12. The van der Waals surface area contributed by atoms with Crippen molar-refractivity contribution < 1.29 is 4.39 Å².